The van der Waals surface area contributed by atoms with E-state index in [0.717, 1.165) is 4.48 Å². The Labute approximate surface area is 102 Å². The Hall–Kier alpha value is -0.120. The maximum Gasteiger partial charge on any atom is 0.187 e. The second-order valence-electron chi connectivity index (χ2n) is 4.31. The summed E-state index contributed by atoms with van der Waals surface area (Å²) >= 11 is 3.97. The van der Waals surface area contributed by atoms with Gasteiger partial charge in [-0.05, 0) is 17.9 Å². The molecule has 0 bridgehead atoms. The molecule has 0 N–H and O–H groups in total. The number of hydrogen-bond donors (Lipinski definition) is 0. The van der Waals surface area contributed by atoms with Crippen LogP contribution in [0.25, 0.3) is 0 Å². The minimum Gasteiger partial charge on any atom is -0.311 e. The molecule has 1 nitrogen and oxygen atoms in total. The third kappa shape index (κ3) is 4.49. The molecular formula is C12H20NS2+. The Morgan fingerprint density at radius 2 is 1.73 bits per heavy atom. The summed E-state index contributed by atoms with van der Waals surface area (Å²) in [6.45, 7) is 2.22. The van der Waals surface area contributed by atoms with E-state index in [1.807, 2.05) is 23.5 Å². The van der Waals surface area contributed by atoms with Crippen LogP contribution in [0.15, 0.2) is 35.2 Å². The van der Waals surface area contributed by atoms with E-state index in [1.165, 1.54) is 10.6 Å². The van der Waals surface area contributed by atoms with Crippen LogP contribution in [0, 0.1) is 0 Å². The van der Waals surface area contributed by atoms with Crippen molar-refractivity contribution in [3.63, 3.8) is 0 Å². The predicted molar refractivity (Wildman–Crippen MR) is 72.3 cm³/mol. The Morgan fingerprint density at radius 3 is 2.20 bits per heavy atom. The topological polar surface area (TPSA) is 0 Å². The van der Waals surface area contributed by atoms with Crippen LogP contribution in [0.1, 0.15) is 6.92 Å². The number of nitrogens with zero attached hydrogens (tertiary/aromatic N) is 1. The normalized spacial score (nSPS) is 13.9. The summed E-state index contributed by atoms with van der Waals surface area (Å²) in [5, 5.41) is 0. The van der Waals surface area contributed by atoms with Gasteiger partial charge >= 0.3 is 0 Å². The lowest BCUT2D eigenvalue weighted by molar-refractivity contribution is -0.866. The zero-order valence-corrected chi connectivity index (χ0v) is 11.6. The van der Waals surface area contributed by atoms with Gasteiger partial charge in [-0.3, -0.25) is 0 Å². The SMILES string of the molecule is CCSC(Sc1ccccc1)[N+](C)(C)C. The van der Waals surface area contributed by atoms with Crippen molar-refractivity contribution in [2.24, 2.45) is 0 Å². The van der Waals surface area contributed by atoms with Crippen LogP contribution in [0.4, 0.5) is 0 Å². The van der Waals surface area contributed by atoms with Crippen molar-refractivity contribution in [3.8, 4) is 0 Å². The van der Waals surface area contributed by atoms with Gasteiger partial charge < -0.3 is 4.48 Å². The lowest BCUT2D eigenvalue weighted by Gasteiger charge is -2.32. The molecule has 15 heavy (non-hydrogen) atoms. The molecule has 0 aliphatic rings. The van der Waals surface area contributed by atoms with E-state index in [9.17, 15) is 0 Å². The van der Waals surface area contributed by atoms with Gasteiger partial charge in [0.15, 0.2) is 4.71 Å². The smallest absolute Gasteiger partial charge is 0.187 e. The lowest BCUT2D eigenvalue weighted by Crippen LogP contribution is -2.41. The fraction of sp³-hybridized carbons (Fsp3) is 0.500. The van der Waals surface area contributed by atoms with Crippen LogP contribution in [0.3, 0.4) is 0 Å². The van der Waals surface area contributed by atoms with Crippen LogP contribution in [0.2, 0.25) is 0 Å². The van der Waals surface area contributed by atoms with E-state index in [4.69, 9.17) is 0 Å². The number of benzene rings is 1. The standard InChI is InChI=1S/C12H20NS2/c1-5-14-12(13(2,3)4)15-11-9-7-6-8-10-11/h6-10,12H,5H2,1-4H3/q+1. The first-order chi connectivity index (χ1) is 7.04. The molecule has 0 radical (unpaired) electrons. The number of thioether (sulfide) groups is 2. The van der Waals surface area contributed by atoms with E-state index >= 15 is 0 Å². The van der Waals surface area contributed by atoms with Gasteiger partial charge in [0.1, 0.15) is 0 Å². The average molecular weight is 242 g/mol. The minimum absolute atomic E-state index is 0.567. The fourth-order valence-electron chi connectivity index (χ4n) is 1.17. The zero-order chi connectivity index (χ0) is 11.3. The van der Waals surface area contributed by atoms with Gasteiger partial charge in [0.25, 0.3) is 0 Å². The third-order valence-electron chi connectivity index (χ3n) is 1.92. The van der Waals surface area contributed by atoms with E-state index in [0.29, 0.717) is 4.71 Å². The molecule has 0 aromatic heterocycles. The summed E-state index contributed by atoms with van der Waals surface area (Å²) in [5.74, 6) is 1.17. The van der Waals surface area contributed by atoms with Crippen molar-refractivity contribution in [1.29, 1.82) is 0 Å². The molecule has 0 spiro atoms. The van der Waals surface area contributed by atoms with Gasteiger partial charge in [0.2, 0.25) is 0 Å². The maximum absolute atomic E-state index is 2.25. The Kier molecular flexibility index (Phi) is 5.03. The zero-order valence-electron chi connectivity index (χ0n) is 9.93. The van der Waals surface area contributed by atoms with Gasteiger partial charge in [-0.15, -0.1) is 0 Å². The quantitative estimate of drug-likeness (QED) is 0.440. The lowest BCUT2D eigenvalue weighted by atomic mass is 10.4. The highest BCUT2D eigenvalue weighted by Gasteiger charge is 2.24. The molecule has 1 rings (SSSR count). The van der Waals surface area contributed by atoms with Gasteiger partial charge in [-0.25, -0.2) is 0 Å². The Bertz CT molecular complexity index is 279. The van der Waals surface area contributed by atoms with Gasteiger partial charge in [-0.2, -0.15) is 0 Å². The second-order valence-corrected chi connectivity index (χ2v) is 7.12. The van der Waals surface area contributed by atoms with Crippen LogP contribution >= 0.6 is 23.5 Å². The molecule has 1 unspecified atom stereocenters. The number of hydrogen-bond acceptors (Lipinski definition) is 2. The van der Waals surface area contributed by atoms with Crippen molar-refractivity contribution in [1.82, 2.24) is 0 Å². The molecule has 0 aliphatic heterocycles. The van der Waals surface area contributed by atoms with Gasteiger partial charge in [-0.1, -0.05) is 48.6 Å². The molecule has 1 aromatic carbocycles. The van der Waals surface area contributed by atoms with E-state index in [-0.39, 0.29) is 0 Å². The third-order valence-corrected chi connectivity index (χ3v) is 5.25. The van der Waals surface area contributed by atoms with Crippen molar-refractivity contribution in [3.05, 3.63) is 30.3 Å². The molecule has 1 atom stereocenters. The van der Waals surface area contributed by atoms with Crippen LogP contribution < -0.4 is 0 Å². The van der Waals surface area contributed by atoms with Crippen molar-refractivity contribution >= 4 is 23.5 Å². The summed E-state index contributed by atoms with van der Waals surface area (Å²) < 4.78 is 1.55. The predicted octanol–water partition coefficient (Wildman–Crippen LogP) is 3.52. The van der Waals surface area contributed by atoms with E-state index in [1.54, 1.807) is 0 Å². The molecule has 0 aliphatic carbocycles. The van der Waals surface area contributed by atoms with E-state index < -0.39 is 0 Å². The maximum atomic E-state index is 2.25. The van der Waals surface area contributed by atoms with E-state index in [2.05, 4.69) is 58.4 Å². The van der Waals surface area contributed by atoms with Crippen molar-refractivity contribution in [2.75, 3.05) is 26.9 Å². The van der Waals surface area contributed by atoms with Crippen LogP contribution in [-0.4, -0.2) is 36.1 Å². The molecule has 0 saturated heterocycles. The molecule has 3 heteroatoms. The average Bonchev–Trinajstić information content (AvgIpc) is 2.17. The summed E-state index contributed by atoms with van der Waals surface area (Å²) in [5.41, 5.74) is 0. The van der Waals surface area contributed by atoms with Crippen molar-refractivity contribution in [2.45, 2.75) is 16.5 Å². The highest BCUT2D eigenvalue weighted by Crippen LogP contribution is 2.34. The highest BCUT2D eigenvalue weighted by atomic mass is 32.2. The fourth-order valence-corrected chi connectivity index (χ4v) is 3.78. The summed E-state index contributed by atoms with van der Waals surface area (Å²) in [4.78, 5) is 1.36. The van der Waals surface area contributed by atoms with Gasteiger partial charge in [0.05, 0.1) is 21.1 Å². The molecular weight excluding hydrogens is 222 g/mol. The molecule has 0 fully saturated rings. The largest absolute Gasteiger partial charge is 0.311 e. The number of quaternary nitrogens is 1. The Morgan fingerprint density at radius 1 is 1.13 bits per heavy atom. The first kappa shape index (κ1) is 12.9. The monoisotopic (exact) mass is 242 g/mol. The Balaban J connectivity index is 2.67. The molecule has 1 aromatic rings. The van der Waals surface area contributed by atoms with Crippen LogP contribution in [-0.2, 0) is 0 Å². The highest BCUT2D eigenvalue weighted by molar-refractivity contribution is 8.16. The number of rotatable bonds is 5. The first-order valence-corrected chi connectivity index (χ1v) is 7.11. The summed E-state index contributed by atoms with van der Waals surface area (Å²) in [7, 11) is 6.76. The summed E-state index contributed by atoms with van der Waals surface area (Å²) in [6.07, 6.45) is 0. The molecule has 0 amide bonds. The van der Waals surface area contributed by atoms with Crippen molar-refractivity contribution < 1.29 is 4.48 Å². The molecule has 0 heterocycles. The molecule has 84 valence electrons. The van der Waals surface area contributed by atoms with Gasteiger partial charge in [0, 0.05) is 4.90 Å². The van der Waals surface area contributed by atoms with Crippen LogP contribution in [0.5, 0.6) is 0 Å². The summed E-state index contributed by atoms with van der Waals surface area (Å²) in [6, 6.07) is 10.6. The molecule has 0 saturated carbocycles. The minimum atomic E-state index is 0.567. The first-order valence-electron chi connectivity index (χ1n) is 5.18. The second kappa shape index (κ2) is 5.83.